The van der Waals surface area contributed by atoms with E-state index in [1.54, 1.807) is 24.3 Å². The van der Waals surface area contributed by atoms with Crippen LogP contribution in [0.4, 0.5) is 105 Å². The minimum atomic E-state index is -6.13. The van der Waals surface area contributed by atoms with Gasteiger partial charge in [0, 0.05) is 11.6 Å². The van der Waals surface area contributed by atoms with E-state index >= 15 is 0 Å². The van der Waals surface area contributed by atoms with Crippen molar-refractivity contribution in [3.8, 4) is 11.8 Å². The van der Waals surface area contributed by atoms with Crippen LogP contribution in [0.2, 0.25) is 0 Å². The Kier molecular flexibility index (Phi) is 17.1. The number of carbonyl (C=O) groups is 1. The smallest absolute Gasteiger partial charge is 0.416 e. The van der Waals surface area contributed by atoms with Crippen LogP contribution in [0.5, 0.6) is 5.75 Å². The summed E-state index contributed by atoms with van der Waals surface area (Å²) in [5.74, 6) is -0.0272. The molecule has 0 fully saturated rings. The molecule has 8 rings (SSSR count). The molecular weight excluding hydrogens is 1200 g/mol. The maximum absolute atomic E-state index is 14.2. The van der Waals surface area contributed by atoms with Gasteiger partial charge >= 0.3 is 55.4 Å². The molecule has 0 spiro atoms. The fraction of sp³-hybridized carbons (Fsp3) is 0.161. The summed E-state index contributed by atoms with van der Waals surface area (Å²) in [5.41, 5.74) is -28.1. The number of esters is 1. The van der Waals surface area contributed by atoms with E-state index in [0.717, 1.165) is 16.3 Å². The van der Waals surface area contributed by atoms with Gasteiger partial charge in [-0.25, -0.2) is 4.79 Å². The molecule has 0 saturated heterocycles. The van der Waals surface area contributed by atoms with Gasteiger partial charge in [0.25, 0.3) is 5.69 Å². The number of benzene rings is 7. The molecule has 29 heteroatoms. The van der Waals surface area contributed by atoms with Crippen molar-refractivity contribution in [2.24, 2.45) is 0 Å². The van der Waals surface area contributed by atoms with E-state index in [9.17, 15) is 110 Å². The topological polar surface area (TPSA) is 54.0 Å². The molecule has 0 unspecified atom stereocenters. The minimum absolute atomic E-state index is 0.406. The molecule has 8 aromatic rings. The second-order valence-corrected chi connectivity index (χ2v) is 18.6. The van der Waals surface area contributed by atoms with Gasteiger partial charge in [0.15, 0.2) is 12.7 Å². The zero-order valence-electron chi connectivity index (χ0n) is 41.7. The Morgan fingerprint density at radius 3 is 1.01 bits per heavy atom. The van der Waals surface area contributed by atoms with Crippen molar-refractivity contribution in [1.29, 1.82) is 5.26 Å². The van der Waals surface area contributed by atoms with Crippen LogP contribution in [0.3, 0.4) is 0 Å². The third-order valence-corrected chi connectivity index (χ3v) is 13.0. The highest BCUT2D eigenvalue weighted by atomic mass is 19.4. The highest BCUT2D eigenvalue weighted by Crippen LogP contribution is 2.42. The summed E-state index contributed by atoms with van der Waals surface area (Å²) in [6, 6.07) is 19.5. The number of hydrogen-bond acceptors (Lipinski definition) is 3. The Morgan fingerprint density at radius 2 is 0.706 bits per heavy atom. The standard InChI is InChI=1S/C32H12BF24.C24H17N2O2/c34-25(35,36)13-1-14(26(37,38)39)6-21(5-13)33(22-7-15(27(40,41)42)2-16(8-22)28(43,44)45,23-9-17(29(46,47)48)3-18(10-23)30(49,50)51)24-11-19(31(52,53)54)4-20(12-24)32(55,56)57;25-16-18-10-12-21(13-11-18)28-24(27)23-22-9-5-4-8-20(22)14-15-26(23)17-19-6-2-1-3-7-19/h1-12H;1-15H,17H2/q-1;+1. The number of aromatic nitrogens is 1. The van der Waals surface area contributed by atoms with E-state index in [4.69, 9.17) is 10.00 Å². The van der Waals surface area contributed by atoms with Crippen LogP contribution < -0.4 is 31.2 Å². The van der Waals surface area contributed by atoms with Crippen molar-refractivity contribution in [3.05, 3.63) is 225 Å². The Labute approximate surface area is 461 Å². The molecule has 1 aromatic heterocycles. The van der Waals surface area contributed by atoms with E-state index < -0.39 is 201 Å². The molecule has 0 atom stereocenters. The molecule has 0 amide bonds. The first kappa shape index (κ1) is 63.9. The van der Waals surface area contributed by atoms with Crippen LogP contribution in [0.25, 0.3) is 10.8 Å². The normalized spacial score (nSPS) is 13.0. The number of pyridine rings is 1. The molecule has 0 bridgehead atoms. The fourth-order valence-electron chi connectivity index (χ4n) is 9.22. The highest BCUT2D eigenvalue weighted by Gasteiger charge is 2.47. The highest BCUT2D eigenvalue weighted by molar-refractivity contribution is 7.20. The lowest BCUT2D eigenvalue weighted by Gasteiger charge is -2.46. The molecule has 0 saturated carbocycles. The second-order valence-electron chi connectivity index (χ2n) is 18.6. The van der Waals surface area contributed by atoms with E-state index in [0.29, 0.717) is 23.6 Å². The first-order chi connectivity index (χ1) is 39.0. The largest absolute Gasteiger partial charge is 0.419 e. The number of nitrogens with zero attached hydrogens (tertiary/aromatic N) is 2. The van der Waals surface area contributed by atoms with Crippen molar-refractivity contribution in [2.75, 3.05) is 0 Å². The fourth-order valence-corrected chi connectivity index (χ4v) is 9.22. The van der Waals surface area contributed by atoms with E-state index in [1.165, 1.54) is 0 Å². The zero-order valence-corrected chi connectivity index (χ0v) is 41.7. The predicted octanol–water partition coefficient (Wildman–Crippen LogP) is 15.5. The Hall–Kier alpha value is -8.71. The van der Waals surface area contributed by atoms with Crippen LogP contribution in [-0.2, 0) is 56.0 Å². The van der Waals surface area contributed by atoms with E-state index in [1.807, 2.05) is 71.4 Å². The van der Waals surface area contributed by atoms with Gasteiger partial charge in [-0.1, -0.05) is 97.1 Å². The third-order valence-electron chi connectivity index (χ3n) is 13.0. The van der Waals surface area contributed by atoms with Gasteiger partial charge in [0.2, 0.25) is 0 Å². The molecule has 7 aromatic carbocycles. The molecule has 0 aliphatic carbocycles. The third kappa shape index (κ3) is 14.5. The molecule has 446 valence electrons. The average Bonchev–Trinajstić information content (AvgIpc) is 0.884. The lowest BCUT2D eigenvalue weighted by Crippen LogP contribution is -2.75. The van der Waals surface area contributed by atoms with Gasteiger partial charge in [-0.2, -0.15) is 137 Å². The Bertz CT molecular complexity index is 3380. The molecule has 0 aliphatic rings. The van der Waals surface area contributed by atoms with Gasteiger partial charge < -0.3 is 4.74 Å². The molecular formula is C56H29BF24N2O2. The maximum Gasteiger partial charge on any atom is 0.416 e. The average molecular weight is 1230 g/mol. The zero-order chi connectivity index (χ0) is 63.3. The monoisotopic (exact) mass is 1230 g/mol. The first-order valence-corrected chi connectivity index (χ1v) is 23.5. The number of fused-ring (bicyclic) bond motifs is 1. The van der Waals surface area contributed by atoms with Crippen LogP contribution >= 0.6 is 0 Å². The molecule has 85 heavy (non-hydrogen) atoms. The van der Waals surface area contributed by atoms with Gasteiger partial charge in [-0.15, -0.1) is 0 Å². The Morgan fingerprint density at radius 1 is 0.400 bits per heavy atom. The maximum atomic E-state index is 14.2. The van der Waals surface area contributed by atoms with Crippen molar-refractivity contribution in [1.82, 2.24) is 0 Å². The summed E-state index contributed by atoms with van der Waals surface area (Å²) in [6.07, 6.45) is -52.9. The number of rotatable bonds is 8. The second kappa shape index (κ2) is 22.7. The van der Waals surface area contributed by atoms with Crippen molar-refractivity contribution in [3.63, 3.8) is 0 Å². The van der Waals surface area contributed by atoms with E-state index in [-0.39, 0.29) is 0 Å². The SMILES string of the molecule is FC(F)(F)c1cc([B-](c2cc(C(F)(F)F)cc(C(F)(F)F)c2)(c2cc(C(F)(F)F)cc(C(F)(F)F)c2)c2cc(C(F)(F)F)cc(C(F)(F)F)c2)cc(C(F)(F)F)c1.N#Cc1ccc(OC(=O)c2c3ccccc3cc[n+]2Cc2ccccc2)cc1. The number of nitriles is 1. The molecule has 0 radical (unpaired) electrons. The van der Waals surface area contributed by atoms with E-state index in [2.05, 4.69) is 6.07 Å². The molecule has 0 aliphatic heterocycles. The Balaban J connectivity index is 0.000000306. The number of ether oxygens (including phenoxy) is 1. The van der Waals surface area contributed by atoms with Crippen molar-refractivity contribution >= 4 is 44.7 Å². The van der Waals surface area contributed by atoms with Gasteiger partial charge in [0.05, 0.1) is 61.5 Å². The molecule has 1 heterocycles. The minimum Gasteiger partial charge on any atom is -0.419 e. The first-order valence-electron chi connectivity index (χ1n) is 23.5. The summed E-state index contributed by atoms with van der Waals surface area (Å²) in [6.45, 7) is 0.559. The predicted molar refractivity (Wildman–Crippen MR) is 256 cm³/mol. The van der Waals surface area contributed by atoms with Gasteiger partial charge in [-0.05, 0) is 60.0 Å². The van der Waals surface area contributed by atoms with Crippen LogP contribution in [0.15, 0.2) is 164 Å². The van der Waals surface area contributed by atoms with Crippen LogP contribution in [-0.4, -0.2) is 12.1 Å². The number of hydrogen-bond donors (Lipinski definition) is 0. The summed E-state index contributed by atoms with van der Waals surface area (Å²) in [7, 11) is 0. The summed E-state index contributed by atoms with van der Waals surface area (Å²) in [5, 5.41) is 10.7. The number of halogens is 24. The van der Waals surface area contributed by atoms with Crippen molar-refractivity contribution < 1.29 is 119 Å². The van der Waals surface area contributed by atoms with Gasteiger partial charge in [0.1, 0.15) is 11.9 Å². The summed E-state index contributed by atoms with van der Waals surface area (Å²) < 4.78 is 348. The van der Waals surface area contributed by atoms with Crippen molar-refractivity contribution in [2.45, 2.75) is 56.0 Å². The van der Waals surface area contributed by atoms with Crippen LogP contribution in [0.1, 0.15) is 66.1 Å². The number of alkyl halides is 24. The molecule has 4 nitrogen and oxygen atoms in total. The lowest BCUT2D eigenvalue weighted by molar-refractivity contribution is -0.689. The molecule has 0 N–H and O–H groups in total. The van der Waals surface area contributed by atoms with Gasteiger partial charge in [-0.3, -0.25) is 0 Å². The van der Waals surface area contributed by atoms with Crippen LogP contribution in [0, 0.1) is 11.3 Å². The number of carbonyl (C=O) groups excluding carboxylic acids is 1. The lowest BCUT2D eigenvalue weighted by atomic mass is 9.12. The quantitative estimate of drug-likeness (QED) is 0.0501. The summed E-state index contributed by atoms with van der Waals surface area (Å²) in [4.78, 5) is 13.1. The summed E-state index contributed by atoms with van der Waals surface area (Å²) >= 11 is 0.